The zero-order chi connectivity index (χ0) is 14.0. The van der Waals surface area contributed by atoms with E-state index < -0.39 is 11.0 Å². The summed E-state index contributed by atoms with van der Waals surface area (Å²) in [6, 6.07) is 3.97. The molecule has 19 heavy (non-hydrogen) atoms. The molecule has 0 aromatic heterocycles. The molecule has 0 bridgehead atoms. The highest BCUT2D eigenvalue weighted by molar-refractivity contribution is 5.99. The van der Waals surface area contributed by atoms with E-state index in [1.165, 1.54) is 18.1 Å². The number of nitrogens with zero attached hydrogens (tertiary/aromatic N) is 2. The number of anilines is 1. The molecule has 2 rings (SSSR count). The van der Waals surface area contributed by atoms with Gasteiger partial charge in [0.25, 0.3) is 5.69 Å². The van der Waals surface area contributed by atoms with E-state index in [1.54, 1.807) is 12.1 Å². The third kappa shape index (κ3) is 2.42. The molecule has 1 unspecified atom stereocenters. The molecule has 7 heteroatoms. The lowest BCUT2D eigenvalue weighted by Gasteiger charge is -2.20. The largest absolute Gasteiger partial charge is 0.383 e. The van der Waals surface area contributed by atoms with Crippen molar-refractivity contribution in [2.45, 2.75) is 12.5 Å². The van der Waals surface area contributed by atoms with Crippen LogP contribution in [0, 0.1) is 10.1 Å². The van der Waals surface area contributed by atoms with Crippen molar-refractivity contribution in [1.82, 2.24) is 0 Å². The van der Waals surface area contributed by atoms with Crippen molar-refractivity contribution in [3.8, 4) is 0 Å². The van der Waals surface area contributed by atoms with Crippen molar-refractivity contribution in [3.05, 3.63) is 33.9 Å². The van der Waals surface area contributed by atoms with Crippen molar-refractivity contribution in [2.24, 2.45) is 5.73 Å². The molecule has 1 aromatic carbocycles. The molecule has 1 aliphatic heterocycles. The van der Waals surface area contributed by atoms with Crippen LogP contribution in [0.25, 0.3) is 0 Å². The first-order valence-corrected chi connectivity index (χ1v) is 5.88. The summed E-state index contributed by atoms with van der Waals surface area (Å²) in [5.74, 6) is -0.277. The number of fused-ring (bicyclic) bond motifs is 1. The highest BCUT2D eigenvalue weighted by atomic mass is 16.6. The number of hydrogen-bond donors (Lipinski definition) is 1. The van der Waals surface area contributed by atoms with E-state index in [1.807, 2.05) is 0 Å². The van der Waals surface area contributed by atoms with Gasteiger partial charge < -0.3 is 15.4 Å². The molecular weight excluding hydrogens is 250 g/mol. The number of carbonyl (C=O) groups is 1. The van der Waals surface area contributed by atoms with Crippen LogP contribution in [0.15, 0.2) is 18.2 Å². The van der Waals surface area contributed by atoms with Crippen molar-refractivity contribution in [1.29, 1.82) is 0 Å². The highest BCUT2D eigenvalue weighted by Gasteiger charge is 2.32. The van der Waals surface area contributed by atoms with Gasteiger partial charge in [0.15, 0.2) is 0 Å². The first-order valence-electron chi connectivity index (χ1n) is 5.88. The number of nitro benzene ring substituents is 1. The summed E-state index contributed by atoms with van der Waals surface area (Å²) in [6.45, 7) is 0.538. The smallest absolute Gasteiger partial charge is 0.274 e. The van der Waals surface area contributed by atoms with Gasteiger partial charge in [-0.3, -0.25) is 14.9 Å². The van der Waals surface area contributed by atoms with E-state index in [0.717, 1.165) is 0 Å². The predicted molar refractivity (Wildman–Crippen MR) is 69.0 cm³/mol. The summed E-state index contributed by atoms with van der Waals surface area (Å²) in [7, 11) is 1.47. The van der Waals surface area contributed by atoms with Crippen molar-refractivity contribution >= 4 is 17.3 Å². The maximum absolute atomic E-state index is 12.1. The first-order chi connectivity index (χ1) is 9.06. The lowest BCUT2D eigenvalue weighted by Crippen LogP contribution is -2.45. The summed E-state index contributed by atoms with van der Waals surface area (Å²) in [4.78, 5) is 24.1. The Morgan fingerprint density at radius 3 is 3.00 bits per heavy atom. The van der Waals surface area contributed by atoms with E-state index >= 15 is 0 Å². The fraction of sp³-hybridized carbons (Fsp3) is 0.417. The van der Waals surface area contributed by atoms with E-state index in [0.29, 0.717) is 24.2 Å². The van der Waals surface area contributed by atoms with Gasteiger partial charge in [-0.15, -0.1) is 0 Å². The molecule has 0 saturated heterocycles. The van der Waals surface area contributed by atoms with Gasteiger partial charge in [0.1, 0.15) is 6.04 Å². The molecule has 2 N–H and O–H groups in total. The van der Waals surface area contributed by atoms with Gasteiger partial charge in [-0.1, -0.05) is 6.07 Å². The summed E-state index contributed by atoms with van der Waals surface area (Å²) < 4.78 is 4.85. The Labute approximate surface area is 110 Å². The van der Waals surface area contributed by atoms with Gasteiger partial charge in [0.05, 0.1) is 22.8 Å². The molecule has 1 aromatic rings. The van der Waals surface area contributed by atoms with Gasteiger partial charge >= 0.3 is 0 Å². The zero-order valence-corrected chi connectivity index (χ0v) is 10.5. The molecule has 0 radical (unpaired) electrons. The third-order valence-corrected chi connectivity index (χ3v) is 3.13. The van der Waals surface area contributed by atoms with Crippen molar-refractivity contribution < 1.29 is 14.5 Å². The number of nitrogens with two attached hydrogens (primary N) is 1. The number of benzene rings is 1. The molecule has 0 fully saturated rings. The summed E-state index contributed by atoms with van der Waals surface area (Å²) in [5.41, 5.74) is 6.92. The second-order valence-electron chi connectivity index (χ2n) is 4.33. The summed E-state index contributed by atoms with van der Waals surface area (Å²) in [5, 5.41) is 10.9. The molecule has 7 nitrogen and oxygen atoms in total. The Bertz CT molecular complexity index is 518. The minimum atomic E-state index is -0.754. The van der Waals surface area contributed by atoms with Gasteiger partial charge in [-0.2, -0.15) is 0 Å². The van der Waals surface area contributed by atoms with Crippen LogP contribution >= 0.6 is 0 Å². The Morgan fingerprint density at radius 1 is 1.63 bits per heavy atom. The molecule has 1 amide bonds. The number of methoxy groups -OCH3 is 1. The normalized spacial score (nSPS) is 15.2. The average molecular weight is 265 g/mol. The van der Waals surface area contributed by atoms with Crippen LogP contribution in [0.4, 0.5) is 11.4 Å². The Morgan fingerprint density at radius 2 is 2.37 bits per heavy atom. The monoisotopic (exact) mass is 265 g/mol. The lowest BCUT2D eigenvalue weighted by atomic mass is 10.1. The van der Waals surface area contributed by atoms with E-state index in [4.69, 9.17) is 10.5 Å². The molecule has 0 spiro atoms. The SMILES string of the molecule is COCC(N)C(=O)N1CCc2c1cccc2[N+](=O)[O-]. The molecule has 102 valence electrons. The Hall–Kier alpha value is -1.99. The van der Waals surface area contributed by atoms with Gasteiger partial charge in [-0.05, 0) is 12.5 Å². The minimum Gasteiger partial charge on any atom is -0.383 e. The maximum atomic E-state index is 12.1. The molecule has 1 aliphatic rings. The molecule has 1 heterocycles. The summed E-state index contributed by atoms with van der Waals surface area (Å²) >= 11 is 0. The van der Waals surface area contributed by atoms with E-state index in [-0.39, 0.29) is 18.2 Å². The van der Waals surface area contributed by atoms with Crippen molar-refractivity contribution in [3.63, 3.8) is 0 Å². The summed E-state index contributed by atoms with van der Waals surface area (Å²) in [6.07, 6.45) is 0.470. The average Bonchev–Trinajstić information content (AvgIpc) is 2.81. The lowest BCUT2D eigenvalue weighted by molar-refractivity contribution is -0.385. The number of nitro groups is 1. The number of rotatable bonds is 4. The second kappa shape index (κ2) is 5.33. The first kappa shape index (κ1) is 13.4. The van der Waals surface area contributed by atoms with Crippen LogP contribution in [0.5, 0.6) is 0 Å². The fourth-order valence-corrected chi connectivity index (χ4v) is 2.27. The predicted octanol–water partition coefficient (Wildman–Crippen LogP) is 0.458. The topological polar surface area (TPSA) is 98.7 Å². The van der Waals surface area contributed by atoms with Crippen LogP contribution in [-0.4, -0.2) is 37.1 Å². The minimum absolute atomic E-state index is 0.0492. The fourth-order valence-electron chi connectivity index (χ4n) is 2.27. The Balaban J connectivity index is 2.30. The molecule has 0 aliphatic carbocycles. The molecule has 1 atom stereocenters. The van der Waals surface area contributed by atoms with Gasteiger partial charge in [0, 0.05) is 19.7 Å². The van der Waals surface area contributed by atoms with Gasteiger partial charge in [-0.25, -0.2) is 0 Å². The highest BCUT2D eigenvalue weighted by Crippen LogP contribution is 2.34. The molecule has 0 saturated carbocycles. The van der Waals surface area contributed by atoms with Crippen LogP contribution in [0.2, 0.25) is 0 Å². The zero-order valence-electron chi connectivity index (χ0n) is 10.5. The standard InChI is InChI=1S/C12H15N3O4/c1-19-7-9(13)12(16)14-6-5-8-10(14)3-2-4-11(8)15(17)18/h2-4,9H,5-7,13H2,1H3. The van der Waals surface area contributed by atoms with Gasteiger partial charge in [0.2, 0.25) is 5.91 Å². The number of amides is 1. The van der Waals surface area contributed by atoms with Crippen LogP contribution in [-0.2, 0) is 16.0 Å². The number of ether oxygens (including phenoxy) is 1. The molecular formula is C12H15N3O4. The number of hydrogen-bond acceptors (Lipinski definition) is 5. The Kier molecular flexibility index (Phi) is 3.77. The number of carbonyl (C=O) groups excluding carboxylic acids is 1. The third-order valence-electron chi connectivity index (χ3n) is 3.13. The van der Waals surface area contributed by atoms with E-state index in [9.17, 15) is 14.9 Å². The van der Waals surface area contributed by atoms with Crippen LogP contribution < -0.4 is 10.6 Å². The van der Waals surface area contributed by atoms with E-state index in [2.05, 4.69) is 0 Å². The van der Waals surface area contributed by atoms with Crippen LogP contribution in [0.3, 0.4) is 0 Å². The van der Waals surface area contributed by atoms with Crippen molar-refractivity contribution in [2.75, 3.05) is 25.2 Å². The second-order valence-corrected chi connectivity index (χ2v) is 4.33. The quantitative estimate of drug-likeness (QED) is 0.629. The maximum Gasteiger partial charge on any atom is 0.274 e. The van der Waals surface area contributed by atoms with Crippen LogP contribution in [0.1, 0.15) is 5.56 Å².